The van der Waals surface area contributed by atoms with E-state index in [0.29, 0.717) is 40.7 Å². The Labute approximate surface area is 203 Å². The molecule has 0 unspecified atom stereocenters. The topological polar surface area (TPSA) is 100 Å². The molecule has 3 N–H and O–H groups in total. The fourth-order valence-corrected chi connectivity index (χ4v) is 3.83. The van der Waals surface area contributed by atoms with E-state index in [0.717, 1.165) is 15.9 Å². The van der Waals surface area contributed by atoms with Crippen molar-refractivity contribution in [2.45, 2.75) is 6.92 Å². The number of aromatic nitrogens is 3. The highest BCUT2D eigenvalue weighted by Crippen LogP contribution is 2.30. The Morgan fingerprint density at radius 3 is 2.58 bits per heavy atom. The van der Waals surface area contributed by atoms with Crippen LogP contribution in [0.2, 0.25) is 5.02 Å². The molecule has 2 aromatic heterocycles. The number of fused-ring (bicyclic) bond motifs is 1. The van der Waals surface area contributed by atoms with Crippen LogP contribution in [-0.2, 0) is 4.79 Å². The summed E-state index contributed by atoms with van der Waals surface area (Å²) in [6, 6.07) is 16.1. The number of nitrogens with one attached hydrogen (secondary N) is 3. The van der Waals surface area contributed by atoms with Crippen LogP contribution in [0.1, 0.15) is 17.3 Å². The molecule has 0 atom stereocenters. The van der Waals surface area contributed by atoms with Crippen molar-refractivity contribution < 1.29 is 9.59 Å². The second kappa shape index (κ2) is 10.0. The number of anilines is 2. The van der Waals surface area contributed by atoms with Crippen LogP contribution in [0.5, 0.6) is 0 Å². The molecule has 2 heterocycles. The summed E-state index contributed by atoms with van der Waals surface area (Å²) in [5, 5.41) is 13.8. The van der Waals surface area contributed by atoms with Crippen molar-refractivity contribution in [3.8, 4) is 11.3 Å². The number of halogens is 2. The number of amides is 2. The van der Waals surface area contributed by atoms with Crippen LogP contribution in [0.4, 0.5) is 11.5 Å². The van der Waals surface area contributed by atoms with Gasteiger partial charge in [0.1, 0.15) is 5.82 Å². The maximum atomic E-state index is 12.4. The van der Waals surface area contributed by atoms with Crippen LogP contribution in [-0.4, -0.2) is 39.5 Å². The zero-order chi connectivity index (χ0) is 23.4. The molecular weight excluding hydrogens is 508 g/mol. The van der Waals surface area contributed by atoms with Crippen LogP contribution in [0.3, 0.4) is 0 Å². The molecule has 0 saturated carbocycles. The van der Waals surface area contributed by atoms with Crippen LogP contribution in [0.15, 0.2) is 65.3 Å². The highest BCUT2D eigenvalue weighted by Gasteiger charge is 2.13. The lowest BCUT2D eigenvalue weighted by molar-refractivity contribution is -0.114. The first-order valence-electron chi connectivity index (χ1n) is 10.1. The van der Waals surface area contributed by atoms with E-state index in [4.69, 9.17) is 11.6 Å². The Morgan fingerprint density at radius 1 is 1.09 bits per heavy atom. The van der Waals surface area contributed by atoms with Gasteiger partial charge in [-0.2, -0.15) is 9.61 Å². The largest absolute Gasteiger partial charge is 0.368 e. The minimum atomic E-state index is -0.204. The maximum Gasteiger partial charge on any atom is 0.251 e. The highest BCUT2D eigenvalue weighted by atomic mass is 79.9. The van der Waals surface area contributed by atoms with Crippen molar-refractivity contribution in [3.05, 3.63) is 75.9 Å². The molecule has 0 fully saturated rings. The summed E-state index contributed by atoms with van der Waals surface area (Å²) in [6.45, 7) is 2.29. The molecule has 0 aliphatic carbocycles. The molecule has 0 radical (unpaired) electrons. The van der Waals surface area contributed by atoms with Gasteiger partial charge < -0.3 is 16.0 Å². The average molecular weight is 528 g/mol. The fourth-order valence-electron chi connectivity index (χ4n) is 3.25. The SMILES string of the molecule is CC(=O)Nc1ccc(C(=O)NCCNc2cc(-c3ccccc3Cl)nc3c(Br)cnn23)cc1. The molecule has 0 saturated heterocycles. The third-order valence-corrected chi connectivity index (χ3v) is 5.65. The van der Waals surface area contributed by atoms with Crippen molar-refractivity contribution in [1.82, 2.24) is 19.9 Å². The van der Waals surface area contributed by atoms with Gasteiger partial charge in [0.05, 0.1) is 16.4 Å². The van der Waals surface area contributed by atoms with E-state index in [1.807, 2.05) is 30.3 Å². The summed E-state index contributed by atoms with van der Waals surface area (Å²) in [5.41, 5.74) is 3.32. The molecule has 33 heavy (non-hydrogen) atoms. The fraction of sp³-hybridized carbons (Fsp3) is 0.130. The molecular formula is C23H20BrClN6O2. The highest BCUT2D eigenvalue weighted by molar-refractivity contribution is 9.10. The van der Waals surface area contributed by atoms with E-state index >= 15 is 0 Å². The quantitative estimate of drug-likeness (QED) is 0.305. The standard InChI is InChI=1S/C23H20BrClN6O2/c1-14(32)29-16-8-6-15(7-9-16)23(33)27-11-10-26-21-12-20(17-4-2-3-5-19(17)25)30-22-18(24)13-28-31(21)22/h2-9,12-13,26H,10-11H2,1H3,(H,27,33)(H,29,32). The van der Waals surface area contributed by atoms with Gasteiger partial charge in [-0.1, -0.05) is 29.8 Å². The molecule has 0 aliphatic rings. The summed E-state index contributed by atoms with van der Waals surface area (Å²) >= 11 is 9.85. The van der Waals surface area contributed by atoms with Crippen LogP contribution in [0.25, 0.3) is 16.9 Å². The molecule has 4 rings (SSSR count). The van der Waals surface area contributed by atoms with Crippen molar-refractivity contribution >= 4 is 56.5 Å². The van der Waals surface area contributed by atoms with Gasteiger partial charge in [0.2, 0.25) is 5.91 Å². The third kappa shape index (κ3) is 5.32. The Balaban J connectivity index is 1.43. The van der Waals surface area contributed by atoms with E-state index in [2.05, 4.69) is 42.0 Å². The lowest BCUT2D eigenvalue weighted by Gasteiger charge is -2.12. The third-order valence-electron chi connectivity index (χ3n) is 4.76. The minimum Gasteiger partial charge on any atom is -0.368 e. The second-order valence-corrected chi connectivity index (χ2v) is 8.44. The van der Waals surface area contributed by atoms with Crippen molar-refractivity contribution in [1.29, 1.82) is 0 Å². The van der Waals surface area contributed by atoms with Gasteiger partial charge in [-0.05, 0) is 46.3 Å². The Kier molecular flexibility index (Phi) is 6.90. The van der Waals surface area contributed by atoms with Gasteiger partial charge in [0, 0.05) is 47.9 Å². The molecule has 2 amide bonds. The first-order chi connectivity index (χ1) is 15.9. The zero-order valence-corrected chi connectivity index (χ0v) is 19.9. The molecule has 168 valence electrons. The molecule has 0 bridgehead atoms. The summed E-state index contributed by atoms with van der Waals surface area (Å²) in [5.74, 6) is 0.351. The van der Waals surface area contributed by atoms with Crippen LogP contribution in [0, 0.1) is 0 Å². The first kappa shape index (κ1) is 22.8. The number of benzene rings is 2. The Morgan fingerprint density at radius 2 is 1.85 bits per heavy atom. The monoisotopic (exact) mass is 526 g/mol. The van der Waals surface area contributed by atoms with Crippen LogP contribution >= 0.6 is 27.5 Å². The lowest BCUT2D eigenvalue weighted by Crippen LogP contribution is -2.29. The molecule has 8 nitrogen and oxygen atoms in total. The van der Waals surface area contributed by atoms with Gasteiger partial charge in [-0.3, -0.25) is 9.59 Å². The van der Waals surface area contributed by atoms with E-state index in [1.54, 1.807) is 35.0 Å². The van der Waals surface area contributed by atoms with Gasteiger partial charge in [0.15, 0.2) is 5.65 Å². The summed E-state index contributed by atoms with van der Waals surface area (Å²) < 4.78 is 2.45. The smallest absolute Gasteiger partial charge is 0.251 e. The zero-order valence-electron chi connectivity index (χ0n) is 17.6. The number of hydrogen-bond donors (Lipinski definition) is 3. The second-order valence-electron chi connectivity index (χ2n) is 7.18. The lowest BCUT2D eigenvalue weighted by atomic mass is 10.1. The predicted molar refractivity (Wildman–Crippen MR) is 133 cm³/mol. The molecule has 0 spiro atoms. The molecule has 4 aromatic rings. The van der Waals surface area contributed by atoms with E-state index < -0.39 is 0 Å². The van der Waals surface area contributed by atoms with E-state index in [1.165, 1.54) is 6.92 Å². The normalized spacial score (nSPS) is 10.8. The molecule has 0 aliphatic heterocycles. The molecule has 2 aromatic carbocycles. The molecule has 10 heteroatoms. The van der Waals surface area contributed by atoms with Gasteiger partial charge in [0.25, 0.3) is 5.91 Å². The van der Waals surface area contributed by atoms with Gasteiger partial charge in [-0.25, -0.2) is 4.98 Å². The summed E-state index contributed by atoms with van der Waals surface area (Å²) in [6.07, 6.45) is 1.68. The Bertz CT molecular complexity index is 1320. The van der Waals surface area contributed by atoms with Gasteiger partial charge in [-0.15, -0.1) is 0 Å². The van der Waals surface area contributed by atoms with Crippen molar-refractivity contribution in [2.24, 2.45) is 0 Å². The average Bonchev–Trinajstić information content (AvgIpc) is 3.17. The van der Waals surface area contributed by atoms with Gasteiger partial charge >= 0.3 is 0 Å². The van der Waals surface area contributed by atoms with E-state index in [9.17, 15) is 9.59 Å². The van der Waals surface area contributed by atoms with Crippen molar-refractivity contribution in [3.63, 3.8) is 0 Å². The minimum absolute atomic E-state index is 0.162. The maximum absolute atomic E-state index is 12.4. The number of carbonyl (C=O) groups is 2. The number of hydrogen-bond acceptors (Lipinski definition) is 5. The first-order valence-corrected chi connectivity index (χ1v) is 11.3. The Hall–Kier alpha value is -3.43. The number of rotatable bonds is 7. The number of carbonyl (C=O) groups excluding carboxylic acids is 2. The number of nitrogens with zero attached hydrogens (tertiary/aromatic N) is 3. The summed E-state index contributed by atoms with van der Waals surface area (Å²) in [7, 11) is 0. The van der Waals surface area contributed by atoms with Crippen LogP contribution < -0.4 is 16.0 Å². The van der Waals surface area contributed by atoms with E-state index in [-0.39, 0.29) is 11.8 Å². The van der Waals surface area contributed by atoms with Crippen molar-refractivity contribution in [2.75, 3.05) is 23.7 Å². The predicted octanol–water partition coefficient (Wildman–Crippen LogP) is 4.61. The summed E-state index contributed by atoms with van der Waals surface area (Å²) in [4.78, 5) is 28.2.